The van der Waals surface area contributed by atoms with Crippen LogP contribution in [-0.2, 0) is 4.79 Å². The first-order valence-electron chi connectivity index (χ1n) is 7.11. The molecule has 0 heterocycles. The van der Waals surface area contributed by atoms with Crippen molar-refractivity contribution in [2.75, 3.05) is 12.5 Å². The monoisotopic (exact) mass is 297 g/mol. The second-order valence-corrected chi connectivity index (χ2v) is 5.35. The summed E-state index contributed by atoms with van der Waals surface area (Å²) in [5.41, 5.74) is 0.854. The van der Waals surface area contributed by atoms with Crippen LogP contribution in [0.5, 0.6) is 5.75 Å². The van der Waals surface area contributed by atoms with Crippen LogP contribution in [-0.4, -0.2) is 23.9 Å². The molecule has 0 aliphatic carbocycles. The summed E-state index contributed by atoms with van der Waals surface area (Å²) >= 11 is 5.97. The lowest BCUT2D eigenvalue weighted by atomic mass is 9.95. The van der Waals surface area contributed by atoms with Crippen molar-refractivity contribution >= 4 is 17.5 Å². The molecule has 0 aliphatic heterocycles. The quantitative estimate of drug-likeness (QED) is 0.743. The van der Waals surface area contributed by atoms with Crippen molar-refractivity contribution in [2.45, 2.75) is 45.6 Å². The Balaban J connectivity index is 2.40. The number of alkyl halides is 1. The number of nitrogens with one attached hydrogen (secondary N) is 1. The third-order valence-electron chi connectivity index (χ3n) is 3.60. The van der Waals surface area contributed by atoms with Crippen LogP contribution in [0, 0.1) is 6.92 Å². The molecule has 0 unspecified atom stereocenters. The van der Waals surface area contributed by atoms with Gasteiger partial charge in [-0.05, 0) is 37.5 Å². The first-order chi connectivity index (χ1) is 9.55. The average molecular weight is 298 g/mol. The molecule has 0 saturated carbocycles. The molecule has 20 heavy (non-hydrogen) atoms. The van der Waals surface area contributed by atoms with E-state index in [0.29, 0.717) is 18.9 Å². The number of rotatable bonds is 8. The minimum atomic E-state index is -0.290. The van der Waals surface area contributed by atoms with E-state index in [1.54, 1.807) is 0 Å². The zero-order chi connectivity index (χ0) is 15.0. The highest BCUT2D eigenvalue weighted by Gasteiger charge is 2.26. The number of benzene rings is 1. The van der Waals surface area contributed by atoms with Crippen LogP contribution in [0.4, 0.5) is 0 Å². The van der Waals surface area contributed by atoms with E-state index in [4.69, 9.17) is 16.3 Å². The molecular weight excluding hydrogens is 274 g/mol. The molecular formula is C16H24ClNO2. The van der Waals surface area contributed by atoms with Crippen molar-refractivity contribution in [3.8, 4) is 5.75 Å². The fraction of sp³-hybridized carbons (Fsp3) is 0.562. The van der Waals surface area contributed by atoms with Crippen LogP contribution in [0.3, 0.4) is 0 Å². The zero-order valence-electron chi connectivity index (χ0n) is 12.5. The van der Waals surface area contributed by atoms with Crippen molar-refractivity contribution in [1.29, 1.82) is 0 Å². The van der Waals surface area contributed by atoms with Gasteiger partial charge < -0.3 is 10.1 Å². The summed E-state index contributed by atoms with van der Waals surface area (Å²) in [7, 11) is 0. The number of halogens is 1. The van der Waals surface area contributed by atoms with Gasteiger partial charge in [-0.1, -0.05) is 26.0 Å². The van der Waals surface area contributed by atoms with Crippen LogP contribution < -0.4 is 10.1 Å². The van der Waals surface area contributed by atoms with Crippen LogP contribution in [0.1, 0.15) is 38.7 Å². The predicted molar refractivity (Wildman–Crippen MR) is 83.5 cm³/mol. The van der Waals surface area contributed by atoms with Crippen molar-refractivity contribution in [3.63, 3.8) is 0 Å². The third-order valence-corrected chi connectivity index (χ3v) is 4.11. The highest BCUT2D eigenvalue weighted by atomic mass is 35.5. The van der Waals surface area contributed by atoms with Crippen LogP contribution in [0.2, 0.25) is 0 Å². The first kappa shape index (κ1) is 16.8. The van der Waals surface area contributed by atoms with E-state index in [2.05, 4.69) is 5.32 Å². The van der Waals surface area contributed by atoms with Crippen molar-refractivity contribution in [1.82, 2.24) is 5.32 Å². The van der Waals surface area contributed by atoms with Crippen molar-refractivity contribution in [3.05, 3.63) is 29.8 Å². The van der Waals surface area contributed by atoms with Gasteiger partial charge in [-0.2, -0.15) is 0 Å². The average Bonchev–Trinajstić information content (AvgIpc) is 2.45. The molecule has 0 saturated heterocycles. The number of carbonyl (C=O) groups excluding carboxylic acids is 1. The number of ether oxygens (including phenoxy) is 1. The minimum Gasteiger partial charge on any atom is -0.493 e. The molecule has 1 N–H and O–H groups in total. The van der Waals surface area contributed by atoms with Gasteiger partial charge in [0.05, 0.1) is 18.6 Å². The van der Waals surface area contributed by atoms with Gasteiger partial charge in [0, 0.05) is 5.88 Å². The summed E-state index contributed by atoms with van der Waals surface area (Å²) in [6.07, 6.45) is 2.00. The smallest absolute Gasteiger partial charge is 0.223 e. The Morgan fingerprint density at radius 2 is 2.05 bits per heavy atom. The molecule has 4 heteroatoms. The van der Waals surface area contributed by atoms with E-state index in [0.717, 1.165) is 24.2 Å². The number of aryl methyl sites for hydroxylation is 1. The Labute approximate surface area is 126 Å². The molecule has 1 amide bonds. The van der Waals surface area contributed by atoms with Gasteiger partial charge in [-0.25, -0.2) is 0 Å². The number of carbonyl (C=O) groups is 1. The molecule has 0 bridgehead atoms. The van der Waals surface area contributed by atoms with Crippen molar-refractivity contribution in [2.24, 2.45) is 0 Å². The Morgan fingerprint density at radius 1 is 1.35 bits per heavy atom. The van der Waals surface area contributed by atoms with Gasteiger partial charge in [-0.3, -0.25) is 4.79 Å². The van der Waals surface area contributed by atoms with Gasteiger partial charge in [0.1, 0.15) is 5.75 Å². The van der Waals surface area contributed by atoms with Crippen LogP contribution in [0.15, 0.2) is 24.3 Å². The second kappa shape index (κ2) is 8.15. The van der Waals surface area contributed by atoms with Crippen LogP contribution in [0.25, 0.3) is 0 Å². The summed E-state index contributed by atoms with van der Waals surface area (Å²) in [5, 5.41) is 3.03. The largest absolute Gasteiger partial charge is 0.493 e. The molecule has 1 rings (SSSR count). The number of hydrogen-bond acceptors (Lipinski definition) is 2. The van der Waals surface area contributed by atoms with Gasteiger partial charge in [0.25, 0.3) is 0 Å². The van der Waals surface area contributed by atoms with E-state index in [1.807, 2.05) is 45.0 Å². The summed E-state index contributed by atoms with van der Waals surface area (Å²) in [6, 6.07) is 7.80. The molecule has 0 fully saturated rings. The van der Waals surface area contributed by atoms with Gasteiger partial charge in [-0.15, -0.1) is 11.6 Å². The highest BCUT2D eigenvalue weighted by Crippen LogP contribution is 2.17. The van der Waals surface area contributed by atoms with E-state index in [1.165, 1.54) is 0 Å². The van der Waals surface area contributed by atoms with E-state index >= 15 is 0 Å². The lowest BCUT2D eigenvalue weighted by Crippen LogP contribution is -2.49. The Morgan fingerprint density at radius 3 is 2.60 bits per heavy atom. The maximum Gasteiger partial charge on any atom is 0.223 e. The van der Waals surface area contributed by atoms with Gasteiger partial charge >= 0.3 is 0 Å². The Hall–Kier alpha value is -1.22. The first-order valence-corrected chi connectivity index (χ1v) is 7.65. The van der Waals surface area contributed by atoms with E-state index in [9.17, 15) is 4.79 Å². The van der Waals surface area contributed by atoms with Gasteiger partial charge in [0.15, 0.2) is 0 Å². The van der Waals surface area contributed by atoms with Crippen molar-refractivity contribution < 1.29 is 9.53 Å². The molecule has 1 aromatic rings. The third kappa shape index (κ3) is 5.04. The van der Waals surface area contributed by atoms with E-state index < -0.39 is 0 Å². The maximum absolute atomic E-state index is 11.9. The van der Waals surface area contributed by atoms with Gasteiger partial charge in [0.2, 0.25) is 5.91 Å². The molecule has 1 aromatic carbocycles. The second-order valence-electron chi connectivity index (χ2n) is 5.08. The summed E-state index contributed by atoms with van der Waals surface area (Å²) in [4.78, 5) is 11.9. The summed E-state index contributed by atoms with van der Waals surface area (Å²) < 4.78 is 5.58. The maximum atomic E-state index is 11.9. The number of amides is 1. The Kier molecular flexibility index (Phi) is 6.86. The lowest BCUT2D eigenvalue weighted by molar-refractivity contribution is -0.123. The molecule has 3 nitrogen and oxygen atoms in total. The molecule has 0 radical (unpaired) electrons. The molecule has 0 atom stereocenters. The minimum absolute atomic E-state index is 0.0120. The fourth-order valence-electron chi connectivity index (χ4n) is 1.97. The fourth-order valence-corrected chi connectivity index (χ4v) is 2.42. The normalized spacial score (nSPS) is 11.2. The molecule has 112 valence electrons. The molecule has 0 spiro atoms. The number of hydrogen-bond donors (Lipinski definition) is 1. The zero-order valence-corrected chi connectivity index (χ0v) is 13.3. The molecule has 0 aliphatic rings. The summed E-state index contributed by atoms with van der Waals surface area (Å²) in [6.45, 7) is 6.46. The predicted octanol–water partition coefficient (Wildman–Crippen LogP) is 3.68. The molecule has 0 aromatic heterocycles. The Bertz CT molecular complexity index is 422. The van der Waals surface area contributed by atoms with E-state index in [-0.39, 0.29) is 11.4 Å². The standard InChI is InChI=1S/C16H24ClNO2/c1-4-16(5-2,12-17)18-15(19)9-10-20-14-8-6-7-13(3)11-14/h6-8,11H,4-5,9-10,12H2,1-3H3,(H,18,19). The summed E-state index contributed by atoms with van der Waals surface area (Å²) in [5.74, 6) is 1.22. The highest BCUT2D eigenvalue weighted by molar-refractivity contribution is 6.18. The topological polar surface area (TPSA) is 38.3 Å². The van der Waals surface area contributed by atoms with Crippen LogP contribution >= 0.6 is 11.6 Å². The SMILES string of the molecule is CCC(CC)(CCl)NC(=O)CCOc1cccc(C)c1. The lowest BCUT2D eigenvalue weighted by Gasteiger charge is -2.30.